The average molecular weight is 410 g/mol. The second kappa shape index (κ2) is 8.76. The molecule has 0 saturated carbocycles. The standard InChI is InChI=1S/C19H20F2N2O4S/c20-16-10-14(11-17(21)13-16)4-5-22-19(24)15-2-1-3-18(12-15)28(25,26)23-6-8-27-9-7-23/h1-3,10-13H,4-9H2,(H,22,24). The van der Waals surface area contributed by atoms with Crippen LogP contribution in [0.15, 0.2) is 47.4 Å². The number of carbonyl (C=O) groups is 1. The van der Waals surface area contributed by atoms with Gasteiger partial charge in [-0.2, -0.15) is 4.31 Å². The van der Waals surface area contributed by atoms with Gasteiger partial charge >= 0.3 is 0 Å². The monoisotopic (exact) mass is 410 g/mol. The Labute approximate surface area is 162 Å². The minimum absolute atomic E-state index is 0.0363. The first-order valence-electron chi connectivity index (χ1n) is 8.77. The number of rotatable bonds is 6. The second-order valence-corrected chi connectivity index (χ2v) is 8.27. The molecule has 0 aromatic heterocycles. The summed E-state index contributed by atoms with van der Waals surface area (Å²) >= 11 is 0. The molecule has 0 aliphatic carbocycles. The Morgan fingerprint density at radius 3 is 2.43 bits per heavy atom. The molecular formula is C19H20F2N2O4S. The minimum atomic E-state index is -3.70. The number of ether oxygens (including phenoxy) is 1. The van der Waals surface area contributed by atoms with E-state index in [1.165, 1.54) is 40.7 Å². The van der Waals surface area contributed by atoms with Gasteiger partial charge in [0.1, 0.15) is 11.6 Å². The number of sulfonamides is 1. The Hall–Kier alpha value is -2.36. The highest BCUT2D eigenvalue weighted by Gasteiger charge is 2.26. The van der Waals surface area contributed by atoms with Gasteiger partial charge in [-0.1, -0.05) is 6.07 Å². The van der Waals surface area contributed by atoms with Crippen LogP contribution >= 0.6 is 0 Å². The summed E-state index contributed by atoms with van der Waals surface area (Å²) in [6, 6.07) is 8.96. The fourth-order valence-corrected chi connectivity index (χ4v) is 4.37. The molecule has 0 radical (unpaired) electrons. The molecule has 1 N–H and O–H groups in total. The van der Waals surface area contributed by atoms with Gasteiger partial charge < -0.3 is 10.1 Å². The molecule has 3 rings (SSSR count). The van der Waals surface area contributed by atoms with Crippen molar-refractivity contribution in [2.45, 2.75) is 11.3 Å². The fraction of sp³-hybridized carbons (Fsp3) is 0.316. The Bertz CT molecular complexity index is 940. The zero-order chi connectivity index (χ0) is 20.1. The van der Waals surface area contributed by atoms with Crippen molar-refractivity contribution in [2.24, 2.45) is 0 Å². The van der Waals surface area contributed by atoms with Crippen molar-refractivity contribution in [2.75, 3.05) is 32.8 Å². The molecule has 150 valence electrons. The molecule has 0 unspecified atom stereocenters. The quantitative estimate of drug-likeness (QED) is 0.790. The molecule has 1 amide bonds. The molecule has 1 saturated heterocycles. The third-order valence-electron chi connectivity index (χ3n) is 4.33. The van der Waals surface area contributed by atoms with Gasteiger partial charge in [-0.15, -0.1) is 0 Å². The molecule has 2 aromatic carbocycles. The lowest BCUT2D eigenvalue weighted by molar-refractivity contribution is 0.0730. The first-order valence-corrected chi connectivity index (χ1v) is 10.2. The maximum atomic E-state index is 13.2. The fourth-order valence-electron chi connectivity index (χ4n) is 2.91. The molecular weight excluding hydrogens is 390 g/mol. The molecule has 0 atom stereocenters. The van der Waals surface area contributed by atoms with E-state index in [1.807, 2.05) is 0 Å². The third kappa shape index (κ3) is 4.92. The van der Waals surface area contributed by atoms with Gasteiger partial charge in [0.05, 0.1) is 18.1 Å². The van der Waals surface area contributed by atoms with Crippen molar-refractivity contribution in [3.8, 4) is 0 Å². The lowest BCUT2D eigenvalue weighted by atomic mass is 10.1. The molecule has 1 fully saturated rings. The van der Waals surface area contributed by atoms with E-state index in [4.69, 9.17) is 4.74 Å². The molecule has 0 bridgehead atoms. The number of amides is 1. The van der Waals surface area contributed by atoms with Gasteiger partial charge in [-0.05, 0) is 42.3 Å². The maximum absolute atomic E-state index is 13.2. The lowest BCUT2D eigenvalue weighted by Gasteiger charge is -2.26. The van der Waals surface area contributed by atoms with Gasteiger partial charge in [0.15, 0.2) is 0 Å². The highest BCUT2D eigenvalue weighted by atomic mass is 32.2. The van der Waals surface area contributed by atoms with Crippen LogP contribution in [0.5, 0.6) is 0 Å². The predicted octanol–water partition coefficient (Wildman–Crippen LogP) is 1.96. The van der Waals surface area contributed by atoms with Crippen molar-refractivity contribution in [3.05, 3.63) is 65.2 Å². The Balaban J connectivity index is 1.65. The molecule has 9 heteroatoms. The lowest BCUT2D eigenvalue weighted by Crippen LogP contribution is -2.40. The average Bonchev–Trinajstić information content (AvgIpc) is 2.68. The topological polar surface area (TPSA) is 75.7 Å². The van der Waals surface area contributed by atoms with E-state index in [9.17, 15) is 22.0 Å². The van der Waals surface area contributed by atoms with Gasteiger partial charge in [0.2, 0.25) is 10.0 Å². The summed E-state index contributed by atoms with van der Waals surface area (Å²) in [7, 11) is -3.70. The molecule has 1 aliphatic heterocycles. The highest BCUT2D eigenvalue weighted by Crippen LogP contribution is 2.18. The summed E-state index contributed by atoms with van der Waals surface area (Å²) in [5.74, 6) is -1.82. The molecule has 0 spiro atoms. The molecule has 1 heterocycles. The molecule has 1 aliphatic rings. The van der Waals surface area contributed by atoms with Crippen LogP contribution in [0.4, 0.5) is 8.78 Å². The van der Waals surface area contributed by atoms with Gasteiger partial charge in [-0.3, -0.25) is 4.79 Å². The number of hydrogen-bond donors (Lipinski definition) is 1. The van der Waals surface area contributed by atoms with Crippen molar-refractivity contribution >= 4 is 15.9 Å². The van der Waals surface area contributed by atoms with Crippen LogP contribution in [0.1, 0.15) is 15.9 Å². The number of benzene rings is 2. The van der Waals surface area contributed by atoms with E-state index in [-0.39, 0.29) is 36.5 Å². The largest absolute Gasteiger partial charge is 0.379 e. The number of nitrogens with zero attached hydrogens (tertiary/aromatic N) is 1. The van der Waals surface area contributed by atoms with Crippen LogP contribution in [-0.4, -0.2) is 51.5 Å². The molecule has 2 aromatic rings. The highest BCUT2D eigenvalue weighted by molar-refractivity contribution is 7.89. The molecule has 28 heavy (non-hydrogen) atoms. The number of nitrogens with one attached hydrogen (secondary N) is 1. The van der Waals surface area contributed by atoms with Crippen molar-refractivity contribution in [1.82, 2.24) is 9.62 Å². The van der Waals surface area contributed by atoms with Crippen molar-refractivity contribution in [3.63, 3.8) is 0 Å². The molecule has 6 nitrogen and oxygen atoms in total. The normalized spacial score (nSPS) is 15.4. The van der Waals surface area contributed by atoms with Gasteiger partial charge in [0, 0.05) is 31.3 Å². The third-order valence-corrected chi connectivity index (χ3v) is 6.22. The Morgan fingerprint density at radius 2 is 1.75 bits per heavy atom. The zero-order valence-electron chi connectivity index (χ0n) is 15.0. The van der Waals surface area contributed by atoms with E-state index >= 15 is 0 Å². The van der Waals surface area contributed by atoms with Crippen LogP contribution in [0.2, 0.25) is 0 Å². The minimum Gasteiger partial charge on any atom is -0.379 e. The first-order chi connectivity index (χ1) is 13.4. The van der Waals surface area contributed by atoms with Gasteiger partial charge in [0.25, 0.3) is 5.91 Å². The van der Waals surface area contributed by atoms with Crippen LogP contribution in [0, 0.1) is 11.6 Å². The van der Waals surface area contributed by atoms with E-state index in [0.29, 0.717) is 18.8 Å². The Kier molecular flexibility index (Phi) is 6.38. The second-order valence-electron chi connectivity index (χ2n) is 6.33. The van der Waals surface area contributed by atoms with Crippen molar-refractivity contribution < 1.29 is 26.7 Å². The van der Waals surface area contributed by atoms with Gasteiger partial charge in [-0.25, -0.2) is 17.2 Å². The predicted molar refractivity (Wildman–Crippen MR) is 98.4 cm³/mol. The summed E-state index contributed by atoms with van der Waals surface area (Å²) in [6.45, 7) is 1.36. The van der Waals surface area contributed by atoms with Crippen LogP contribution < -0.4 is 5.32 Å². The summed E-state index contributed by atoms with van der Waals surface area (Å²) in [5.41, 5.74) is 0.612. The van der Waals surface area contributed by atoms with Crippen LogP contribution in [-0.2, 0) is 21.2 Å². The van der Waals surface area contributed by atoms with Crippen molar-refractivity contribution in [1.29, 1.82) is 0 Å². The number of halogens is 2. The van der Waals surface area contributed by atoms with E-state index in [2.05, 4.69) is 5.32 Å². The maximum Gasteiger partial charge on any atom is 0.251 e. The number of morpholine rings is 1. The Morgan fingerprint density at radius 1 is 1.07 bits per heavy atom. The summed E-state index contributed by atoms with van der Waals surface area (Å²) in [5, 5.41) is 2.63. The van der Waals surface area contributed by atoms with E-state index in [1.54, 1.807) is 0 Å². The smallest absolute Gasteiger partial charge is 0.251 e. The summed E-state index contributed by atoms with van der Waals surface area (Å²) in [6.07, 6.45) is 0.242. The van der Waals surface area contributed by atoms with E-state index < -0.39 is 27.6 Å². The number of carbonyl (C=O) groups excluding carboxylic acids is 1. The summed E-state index contributed by atoms with van der Waals surface area (Å²) < 4.78 is 58.3. The SMILES string of the molecule is O=C(NCCc1cc(F)cc(F)c1)c1cccc(S(=O)(=O)N2CCOCC2)c1. The summed E-state index contributed by atoms with van der Waals surface area (Å²) in [4.78, 5) is 12.4. The first kappa shape index (κ1) is 20.4. The van der Waals surface area contributed by atoms with Crippen LogP contribution in [0.25, 0.3) is 0 Å². The van der Waals surface area contributed by atoms with Crippen LogP contribution in [0.3, 0.4) is 0 Å². The number of hydrogen-bond acceptors (Lipinski definition) is 4. The van der Waals surface area contributed by atoms with E-state index in [0.717, 1.165) is 6.07 Å². The zero-order valence-corrected chi connectivity index (χ0v) is 15.8.